The summed E-state index contributed by atoms with van der Waals surface area (Å²) in [6.45, 7) is 6.38. The minimum absolute atomic E-state index is 0.0105. The number of carbonyl (C=O) groups excluding carboxylic acids is 1. The summed E-state index contributed by atoms with van der Waals surface area (Å²) in [6, 6.07) is 0. The lowest BCUT2D eigenvalue weighted by Gasteiger charge is -2.37. The van der Waals surface area contributed by atoms with Gasteiger partial charge in [-0.1, -0.05) is 13.0 Å². The van der Waals surface area contributed by atoms with Crippen molar-refractivity contribution in [2.45, 2.75) is 37.7 Å². The van der Waals surface area contributed by atoms with E-state index in [2.05, 4.69) is 13.5 Å². The van der Waals surface area contributed by atoms with E-state index in [1.54, 1.807) is 6.08 Å². The van der Waals surface area contributed by atoms with Crippen LogP contribution in [0.3, 0.4) is 0 Å². The average Bonchev–Trinajstić information content (AvgIpc) is 3.00. The molecule has 1 N–H and O–H groups in total. The van der Waals surface area contributed by atoms with Crippen LogP contribution in [-0.4, -0.2) is 40.4 Å². The molecule has 2 aliphatic carbocycles. The van der Waals surface area contributed by atoms with E-state index >= 15 is 0 Å². The molecule has 0 aromatic rings. The molecule has 1 amide bonds. The maximum absolute atomic E-state index is 12.6. The van der Waals surface area contributed by atoms with E-state index in [4.69, 9.17) is 4.74 Å². The van der Waals surface area contributed by atoms with Crippen LogP contribution in [0.5, 0.6) is 0 Å². The Bertz CT molecular complexity index is 437. The number of nitrogens with zero attached hydrogens (tertiary/aromatic N) is 1. The number of aliphatic hydroxyl groups excluding tert-OH is 1. The third kappa shape index (κ3) is 0.894. The highest BCUT2D eigenvalue weighted by Gasteiger charge is 2.77. The minimum Gasteiger partial charge on any atom is -0.390 e. The summed E-state index contributed by atoms with van der Waals surface area (Å²) in [5.41, 5.74) is -0.461. The van der Waals surface area contributed by atoms with Crippen molar-refractivity contribution in [1.82, 2.24) is 4.90 Å². The molecule has 2 saturated carbocycles. The Balaban J connectivity index is 1.84. The monoisotopic (exact) mass is 249 g/mol. The highest BCUT2D eigenvalue weighted by Crippen LogP contribution is 2.68. The van der Waals surface area contributed by atoms with Crippen molar-refractivity contribution in [3.63, 3.8) is 0 Å². The van der Waals surface area contributed by atoms with Gasteiger partial charge in [-0.2, -0.15) is 0 Å². The normalized spacial score (nSPS) is 55.7. The zero-order chi connectivity index (χ0) is 12.7. The third-order valence-corrected chi connectivity index (χ3v) is 5.74. The van der Waals surface area contributed by atoms with Crippen molar-refractivity contribution >= 4 is 5.91 Å². The number of hydrogen-bond donors (Lipinski definition) is 1. The Labute approximate surface area is 107 Å². The minimum atomic E-state index is -0.461. The molecular weight excluding hydrogens is 230 g/mol. The average molecular weight is 249 g/mol. The first-order valence-electron chi connectivity index (χ1n) is 6.94. The van der Waals surface area contributed by atoms with Crippen LogP contribution in [0.1, 0.15) is 19.8 Å². The Morgan fingerprint density at radius 2 is 2.39 bits per heavy atom. The number of hydrogen-bond acceptors (Lipinski definition) is 3. The molecule has 2 heterocycles. The van der Waals surface area contributed by atoms with Crippen molar-refractivity contribution in [2.75, 3.05) is 6.54 Å². The SMILES string of the molecule is C=CCN1C(=O)C2C3CC4C(OC1(CC)C42)C3O. The molecule has 4 nitrogen and oxygen atoms in total. The molecule has 4 aliphatic rings. The Morgan fingerprint density at radius 3 is 3.06 bits per heavy atom. The van der Waals surface area contributed by atoms with Crippen molar-refractivity contribution < 1.29 is 14.6 Å². The number of likely N-dealkylation sites (tertiary alicyclic amines) is 1. The van der Waals surface area contributed by atoms with E-state index < -0.39 is 11.8 Å². The Morgan fingerprint density at radius 1 is 1.61 bits per heavy atom. The fraction of sp³-hybridized carbons (Fsp3) is 0.786. The molecule has 0 spiro atoms. The summed E-state index contributed by atoms with van der Waals surface area (Å²) in [7, 11) is 0. The molecule has 0 aromatic carbocycles. The molecule has 2 saturated heterocycles. The van der Waals surface area contributed by atoms with Gasteiger partial charge < -0.3 is 14.7 Å². The van der Waals surface area contributed by atoms with Gasteiger partial charge in [-0.3, -0.25) is 4.79 Å². The van der Waals surface area contributed by atoms with Crippen LogP contribution in [0.25, 0.3) is 0 Å². The van der Waals surface area contributed by atoms with Crippen molar-refractivity contribution in [3.05, 3.63) is 12.7 Å². The van der Waals surface area contributed by atoms with E-state index in [0.717, 1.165) is 12.8 Å². The number of ether oxygens (including phenoxy) is 1. The number of rotatable bonds is 3. The van der Waals surface area contributed by atoms with Crippen LogP contribution >= 0.6 is 0 Å². The van der Waals surface area contributed by atoms with Gasteiger partial charge in [0, 0.05) is 12.5 Å². The van der Waals surface area contributed by atoms with E-state index in [9.17, 15) is 9.90 Å². The summed E-state index contributed by atoms with van der Waals surface area (Å²) in [5, 5.41) is 10.3. The van der Waals surface area contributed by atoms with Gasteiger partial charge in [0.2, 0.25) is 5.91 Å². The van der Waals surface area contributed by atoms with Crippen LogP contribution in [0.2, 0.25) is 0 Å². The van der Waals surface area contributed by atoms with Gasteiger partial charge >= 0.3 is 0 Å². The molecule has 4 heteroatoms. The lowest BCUT2D eigenvalue weighted by molar-refractivity contribution is -0.176. The van der Waals surface area contributed by atoms with Crippen LogP contribution in [-0.2, 0) is 9.53 Å². The number of fused-ring (bicyclic) bond motifs is 2. The Kier molecular flexibility index (Phi) is 1.94. The number of aliphatic hydroxyl groups is 1. The molecule has 4 rings (SSSR count). The third-order valence-electron chi connectivity index (χ3n) is 5.74. The fourth-order valence-corrected chi connectivity index (χ4v) is 5.24. The highest BCUT2D eigenvalue weighted by molar-refractivity contribution is 5.84. The summed E-state index contributed by atoms with van der Waals surface area (Å²) >= 11 is 0. The maximum atomic E-state index is 12.6. The molecular formula is C14H19NO3. The molecule has 4 fully saturated rings. The maximum Gasteiger partial charge on any atom is 0.229 e. The fourth-order valence-electron chi connectivity index (χ4n) is 5.24. The van der Waals surface area contributed by atoms with Crippen LogP contribution in [0.4, 0.5) is 0 Å². The van der Waals surface area contributed by atoms with Gasteiger partial charge in [0.25, 0.3) is 0 Å². The first kappa shape index (κ1) is 11.0. The van der Waals surface area contributed by atoms with E-state index in [1.807, 2.05) is 4.90 Å². The first-order valence-corrected chi connectivity index (χ1v) is 6.94. The van der Waals surface area contributed by atoms with E-state index in [-0.39, 0.29) is 23.8 Å². The predicted molar refractivity (Wildman–Crippen MR) is 64.4 cm³/mol. The Hall–Kier alpha value is -0.870. The van der Waals surface area contributed by atoms with Crippen LogP contribution in [0.15, 0.2) is 12.7 Å². The van der Waals surface area contributed by atoms with Crippen molar-refractivity contribution in [1.29, 1.82) is 0 Å². The molecule has 2 aliphatic heterocycles. The molecule has 18 heavy (non-hydrogen) atoms. The zero-order valence-corrected chi connectivity index (χ0v) is 10.6. The molecule has 98 valence electrons. The second-order valence-corrected chi connectivity index (χ2v) is 6.12. The van der Waals surface area contributed by atoms with Crippen LogP contribution < -0.4 is 0 Å². The van der Waals surface area contributed by atoms with Gasteiger partial charge in [-0.05, 0) is 24.7 Å². The lowest BCUT2D eigenvalue weighted by atomic mass is 9.76. The molecule has 0 radical (unpaired) electrons. The van der Waals surface area contributed by atoms with E-state index in [0.29, 0.717) is 18.4 Å². The topological polar surface area (TPSA) is 49.8 Å². The van der Waals surface area contributed by atoms with Gasteiger partial charge in [0.05, 0.1) is 18.1 Å². The number of amides is 1. The van der Waals surface area contributed by atoms with Crippen molar-refractivity contribution in [3.8, 4) is 0 Å². The zero-order valence-electron chi connectivity index (χ0n) is 10.6. The van der Waals surface area contributed by atoms with Gasteiger partial charge in [-0.25, -0.2) is 0 Å². The number of carbonyl (C=O) groups is 1. The van der Waals surface area contributed by atoms with E-state index in [1.165, 1.54) is 0 Å². The van der Waals surface area contributed by atoms with Gasteiger partial charge in [0.15, 0.2) is 0 Å². The summed E-state index contributed by atoms with van der Waals surface area (Å²) < 4.78 is 6.22. The standard InChI is InChI=1S/C14H19NO3/c1-3-5-15-13(17)9-7-6-8-10(9)14(15,4-2)18-12(8)11(7)16/h3,7-12,16H,1,4-6H2,2H3. The molecule has 7 atom stereocenters. The second kappa shape index (κ2) is 3.17. The smallest absolute Gasteiger partial charge is 0.229 e. The second-order valence-electron chi connectivity index (χ2n) is 6.12. The quantitative estimate of drug-likeness (QED) is 0.751. The molecule has 0 aromatic heterocycles. The first-order chi connectivity index (χ1) is 8.65. The lowest BCUT2D eigenvalue weighted by Crippen LogP contribution is -2.50. The summed E-state index contributed by atoms with van der Waals surface area (Å²) in [6.07, 6.45) is 3.07. The molecule has 2 bridgehead atoms. The molecule has 7 unspecified atom stereocenters. The summed E-state index contributed by atoms with van der Waals surface area (Å²) in [4.78, 5) is 14.5. The van der Waals surface area contributed by atoms with Crippen LogP contribution in [0, 0.1) is 23.7 Å². The summed E-state index contributed by atoms with van der Waals surface area (Å²) in [5.74, 6) is 0.970. The van der Waals surface area contributed by atoms with Gasteiger partial charge in [-0.15, -0.1) is 6.58 Å². The predicted octanol–water partition coefficient (Wildman–Crippen LogP) is 0.763. The highest BCUT2D eigenvalue weighted by atomic mass is 16.6. The van der Waals surface area contributed by atoms with Crippen molar-refractivity contribution in [2.24, 2.45) is 23.7 Å². The van der Waals surface area contributed by atoms with Gasteiger partial charge in [0.1, 0.15) is 5.72 Å². The largest absolute Gasteiger partial charge is 0.390 e.